The summed E-state index contributed by atoms with van der Waals surface area (Å²) in [5.41, 5.74) is 4.32. The summed E-state index contributed by atoms with van der Waals surface area (Å²) >= 11 is 0. The fourth-order valence-electron chi connectivity index (χ4n) is 4.39. The van der Waals surface area contributed by atoms with Gasteiger partial charge in [0.05, 0.1) is 19.8 Å². The van der Waals surface area contributed by atoms with E-state index in [1.807, 2.05) is 13.0 Å². The van der Waals surface area contributed by atoms with E-state index in [1.165, 1.54) is 23.7 Å². The summed E-state index contributed by atoms with van der Waals surface area (Å²) < 4.78 is 19.5. The average Bonchev–Trinajstić information content (AvgIpc) is 3.42. The molecule has 1 fully saturated rings. The number of carbonyl (C=O) groups is 1. The topological polar surface area (TPSA) is 49.7 Å². The van der Waals surface area contributed by atoms with E-state index in [0.717, 1.165) is 41.0 Å². The number of hydrogen-bond acceptors (Lipinski definition) is 4. The minimum atomic E-state index is -0.181. The van der Waals surface area contributed by atoms with Gasteiger partial charge in [-0.2, -0.15) is 0 Å². The van der Waals surface area contributed by atoms with Crippen LogP contribution in [-0.2, 0) is 23.0 Å². The number of benzene rings is 2. The van der Waals surface area contributed by atoms with Crippen LogP contribution in [0.4, 0.5) is 0 Å². The molecule has 0 N–H and O–H groups in total. The Labute approximate surface area is 183 Å². The van der Waals surface area contributed by atoms with Gasteiger partial charge < -0.3 is 18.8 Å². The minimum absolute atomic E-state index is 0.181. The first-order valence-electron chi connectivity index (χ1n) is 11.2. The van der Waals surface area contributed by atoms with Crippen LogP contribution in [0.2, 0.25) is 0 Å². The van der Waals surface area contributed by atoms with Gasteiger partial charge in [-0.3, -0.25) is 4.79 Å². The van der Waals surface area contributed by atoms with Gasteiger partial charge in [-0.25, -0.2) is 0 Å². The molecule has 0 saturated heterocycles. The molecule has 1 aromatic heterocycles. The zero-order valence-corrected chi connectivity index (χ0v) is 18.6. The van der Waals surface area contributed by atoms with Gasteiger partial charge in [-0.15, -0.1) is 0 Å². The Hall–Kier alpha value is -2.95. The molecule has 5 nitrogen and oxygen atoms in total. The molecule has 0 unspecified atom stereocenters. The number of ether oxygens (including phenoxy) is 3. The molecule has 1 saturated carbocycles. The van der Waals surface area contributed by atoms with Crippen molar-refractivity contribution in [2.75, 3.05) is 13.7 Å². The maximum absolute atomic E-state index is 11.9. The van der Waals surface area contributed by atoms with E-state index in [0.29, 0.717) is 19.4 Å². The van der Waals surface area contributed by atoms with Gasteiger partial charge in [0.1, 0.15) is 0 Å². The third kappa shape index (κ3) is 4.71. The predicted octanol–water partition coefficient (Wildman–Crippen LogP) is 5.67. The van der Waals surface area contributed by atoms with Crippen LogP contribution in [0.3, 0.4) is 0 Å². The average molecular weight is 422 g/mol. The zero-order valence-electron chi connectivity index (χ0n) is 18.6. The summed E-state index contributed by atoms with van der Waals surface area (Å²) in [6, 6.07) is 12.7. The molecule has 1 aliphatic rings. The highest BCUT2D eigenvalue weighted by atomic mass is 16.5. The molecule has 3 aromatic rings. The second kappa shape index (κ2) is 9.46. The second-order valence-corrected chi connectivity index (χ2v) is 8.20. The maximum atomic E-state index is 11.9. The number of esters is 1. The molecule has 1 heterocycles. The fraction of sp³-hybridized carbons (Fsp3) is 0.423. The highest BCUT2D eigenvalue weighted by Gasteiger charge is 2.22. The highest BCUT2D eigenvalue weighted by molar-refractivity contribution is 5.87. The Morgan fingerprint density at radius 2 is 1.94 bits per heavy atom. The molecule has 5 heteroatoms. The number of aryl methyl sites for hydroxylation is 2. The van der Waals surface area contributed by atoms with Gasteiger partial charge in [0.2, 0.25) is 0 Å². The van der Waals surface area contributed by atoms with Crippen molar-refractivity contribution >= 4 is 16.9 Å². The van der Waals surface area contributed by atoms with Crippen molar-refractivity contribution in [3.8, 4) is 22.6 Å². The minimum Gasteiger partial charge on any atom is -0.493 e. The van der Waals surface area contributed by atoms with Gasteiger partial charge in [0, 0.05) is 36.1 Å². The van der Waals surface area contributed by atoms with Gasteiger partial charge in [0.25, 0.3) is 0 Å². The van der Waals surface area contributed by atoms with Crippen molar-refractivity contribution in [2.45, 2.75) is 51.6 Å². The molecule has 0 bridgehead atoms. The van der Waals surface area contributed by atoms with Crippen molar-refractivity contribution in [1.82, 2.24) is 4.57 Å². The lowest BCUT2D eigenvalue weighted by atomic mass is 9.98. The molecule has 0 aliphatic heterocycles. The molecule has 0 radical (unpaired) electrons. The van der Waals surface area contributed by atoms with Crippen LogP contribution >= 0.6 is 0 Å². The van der Waals surface area contributed by atoms with Crippen LogP contribution in [0, 0.1) is 0 Å². The number of hydrogen-bond donors (Lipinski definition) is 0. The molecule has 2 aromatic carbocycles. The first-order valence-corrected chi connectivity index (χ1v) is 11.2. The molecular formula is C26H31NO4. The zero-order chi connectivity index (χ0) is 21.8. The fourth-order valence-corrected chi connectivity index (χ4v) is 4.39. The van der Waals surface area contributed by atoms with Gasteiger partial charge >= 0.3 is 5.97 Å². The second-order valence-electron chi connectivity index (χ2n) is 8.20. The summed E-state index contributed by atoms with van der Waals surface area (Å²) in [7, 11) is 3.73. The Balaban J connectivity index is 1.75. The van der Waals surface area contributed by atoms with E-state index in [9.17, 15) is 4.79 Å². The highest BCUT2D eigenvalue weighted by Crippen LogP contribution is 2.42. The van der Waals surface area contributed by atoms with Crippen molar-refractivity contribution in [3.05, 3.63) is 48.2 Å². The Bertz CT molecular complexity index is 1060. The van der Waals surface area contributed by atoms with E-state index in [-0.39, 0.29) is 12.1 Å². The number of nitrogens with zero attached hydrogens (tertiary/aromatic N) is 1. The van der Waals surface area contributed by atoms with Crippen LogP contribution in [0.1, 0.15) is 44.6 Å². The van der Waals surface area contributed by atoms with Crippen molar-refractivity contribution in [2.24, 2.45) is 7.05 Å². The van der Waals surface area contributed by atoms with E-state index >= 15 is 0 Å². The first-order chi connectivity index (χ1) is 15.1. The van der Waals surface area contributed by atoms with Crippen molar-refractivity contribution in [3.63, 3.8) is 0 Å². The Kier molecular flexibility index (Phi) is 6.50. The summed E-state index contributed by atoms with van der Waals surface area (Å²) in [4.78, 5) is 11.9. The maximum Gasteiger partial charge on any atom is 0.306 e. The lowest BCUT2D eigenvalue weighted by molar-refractivity contribution is -0.143. The first kappa shape index (κ1) is 21.3. The number of aromatic nitrogens is 1. The number of methoxy groups -OCH3 is 1. The van der Waals surface area contributed by atoms with Crippen LogP contribution < -0.4 is 9.47 Å². The summed E-state index contributed by atoms with van der Waals surface area (Å²) in [5, 5.41) is 1.18. The smallest absolute Gasteiger partial charge is 0.306 e. The standard InChI is InChI=1S/C26H31NO4/c1-4-30-25(28)12-9-18-15-22(19-10-11-23-20(17-19)13-14-27(23)2)26(24(16-18)29-3)31-21-7-5-6-8-21/h10-11,13-17,21H,4-9,12H2,1-3H3. The number of carbonyl (C=O) groups excluding carboxylic acids is 1. The quantitative estimate of drug-likeness (QED) is 0.440. The Morgan fingerprint density at radius 1 is 1.13 bits per heavy atom. The molecular weight excluding hydrogens is 390 g/mol. The lowest BCUT2D eigenvalue weighted by Gasteiger charge is -2.21. The molecule has 0 atom stereocenters. The van der Waals surface area contributed by atoms with Crippen LogP contribution in [0.15, 0.2) is 42.6 Å². The van der Waals surface area contributed by atoms with Crippen LogP contribution in [0.5, 0.6) is 11.5 Å². The van der Waals surface area contributed by atoms with Crippen LogP contribution in [0.25, 0.3) is 22.0 Å². The number of rotatable bonds is 8. The van der Waals surface area contributed by atoms with Gasteiger partial charge in [0.15, 0.2) is 11.5 Å². The normalized spacial score (nSPS) is 14.2. The summed E-state index contributed by atoms with van der Waals surface area (Å²) in [5.74, 6) is 1.33. The lowest BCUT2D eigenvalue weighted by Crippen LogP contribution is -2.13. The van der Waals surface area contributed by atoms with Crippen molar-refractivity contribution in [1.29, 1.82) is 0 Å². The summed E-state index contributed by atoms with van der Waals surface area (Å²) in [6.07, 6.45) is 7.79. The molecule has 164 valence electrons. The third-order valence-corrected chi connectivity index (χ3v) is 6.04. The number of fused-ring (bicyclic) bond motifs is 1. The van der Waals surface area contributed by atoms with Gasteiger partial charge in [-0.1, -0.05) is 6.07 Å². The molecule has 0 amide bonds. The third-order valence-electron chi connectivity index (χ3n) is 6.04. The monoisotopic (exact) mass is 421 g/mol. The Morgan fingerprint density at radius 3 is 2.68 bits per heavy atom. The molecule has 4 rings (SSSR count). The summed E-state index contributed by atoms with van der Waals surface area (Å²) in [6.45, 7) is 2.23. The van der Waals surface area contributed by atoms with E-state index in [2.05, 4.69) is 48.1 Å². The molecule has 31 heavy (non-hydrogen) atoms. The molecule has 0 spiro atoms. The van der Waals surface area contributed by atoms with E-state index < -0.39 is 0 Å². The van der Waals surface area contributed by atoms with E-state index in [1.54, 1.807) is 7.11 Å². The van der Waals surface area contributed by atoms with Crippen LogP contribution in [-0.4, -0.2) is 30.4 Å². The SMILES string of the molecule is CCOC(=O)CCc1cc(OC)c(OC2CCCC2)c(-c2ccc3c(ccn3C)c2)c1. The molecule has 1 aliphatic carbocycles. The predicted molar refractivity (Wildman–Crippen MR) is 123 cm³/mol. The van der Waals surface area contributed by atoms with E-state index in [4.69, 9.17) is 14.2 Å². The van der Waals surface area contributed by atoms with Crippen molar-refractivity contribution < 1.29 is 19.0 Å². The largest absolute Gasteiger partial charge is 0.493 e. The van der Waals surface area contributed by atoms with Gasteiger partial charge in [-0.05, 0) is 80.5 Å².